The number of hydrogen-bond acceptors (Lipinski definition) is 3. The molecule has 0 aromatic heterocycles. The van der Waals surface area contributed by atoms with Crippen molar-refractivity contribution in [2.24, 2.45) is 0 Å². The Morgan fingerprint density at radius 3 is 2.47 bits per heavy atom. The first-order valence-electron chi connectivity index (χ1n) is 5.80. The van der Waals surface area contributed by atoms with Gasteiger partial charge < -0.3 is 10.2 Å². The van der Waals surface area contributed by atoms with Crippen LogP contribution < -0.4 is 0 Å². The Kier molecular flexibility index (Phi) is 5.44. The van der Waals surface area contributed by atoms with Gasteiger partial charge in [0.25, 0.3) is 0 Å². The van der Waals surface area contributed by atoms with Crippen LogP contribution in [0.5, 0.6) is 0 Å². The second-order valence-corrected chi connectivity index (χ2v) is 4.27. The van der Waals surface area contributed by atoms with Crippen LogP contribution in [0.3, 0.4) is 0 Å². The molecule has 0 saturated carbocycles. The lowest BCUT2D eigenvalue weighted by Gasteiger charge is -2.23. The normalized spacial score (nSPS) is 12.4. The van der Waals surface area contributed by atoms with Crippen LogP contribution in [0.4, 0.5) is 4.39 Å². The maximum Gasteiger partial charge on any atom is 0.321 e. The molecule has 0 heterocycles. The fraction of sp³-hybridized carbons (Fsp3) is 0.385. The molecule has 0 aliphatic rings. The molecule has 0 fully saturated rings. The molecular weight excluding hydrogens is 253 g/mol. The van der Waals surface area contributed by atoms with Gasteiger partial charge in [-0.1, -0.05) is 18.2 Å². The maximum atomic E-state index is 13.4. The van der Waals surface area contributed by atoms with E-state index in [0.717, 1.165) is 0 Å². The summed E-state index contributed by atoms with van der Waals surface area (Å²) in [6.45, 7) is 0.269. The number of rotatable bonds is 7. The van der Waals surface area contributed by atoms with Crippen molar-refractivity contribution in [2.45, 2.75) is 18.9 Å². The number of hydrogen-bond donors (Lipinski definition) is 2. The fourth-order valence-corrected chi connectivity index (χ4v) is 1.75. The third-order valence-electron chi connectivity index (χ3n) is 2.88. The van der Waals surface area contributed by atoms with Crippen LogP contribution in [0.25, 0.3) is 0 Å². The van der Waals surface area contributed by atoms with Crippen LogP contribution in [0.1, 0.15) is 12.0 Å². The van der Waals surface area contributed by atoms with Crippen molar-refractivity contribution in [1.29, 1.82) is 0 Å². The van der Waals surface area contributed by atoms with E-state index >= 15 is 0 Å². The Labute approximate surface area is 110 Å². The molecule has 1 aromatic rings. The molecule has 0 amide bonds. The minimum Gasteiger partial charge on any atom is -0.481 e. The standard InChI is InChI=1S/C13H16FNO4/c1-15(11(13(18)19)8-12(16)17)7-6-9-4-2-3-5-10(9)14/h2-5,11H,6-8H2,1H3,(H,16,17)(H,18,19). The Bertz CT molecular complexity index is 464. The number of carboxylic acid groups (broad SMARTS) is 2. The van der Waals surface area contributed by atoms with E-state index in [1.165, 1.54) is 18.0 Å². The number of aliphatic carboxylic acids is 2. The van der Waals surface area contributed by atoms with Gasteiger partial charge in [0.1, 0.15) is 11.9 Å². The minimum atomic E-state index is -1.20. The van der Waals surface area contributed by atoms with E-state index in [9.17, 15) is 14.0 Å². The highest BCUT2D eigenvalue weighted by molar-refractivity contribution is 5.80. The lowest BCUT2D eigenvalue weighted by molar-refractivity contribution is -0.149. The van der Waals surface area contributed by atoms with Crippen LogP contribution >= 0.6 is 0 Å². The quantitative estimate of drug-likeness (QED) is 0.778. The number of likely N-dealkylation sites (N-methyl/N-ethyl adjacent to an activating group) is 1. The predicted molar refractivity (Wildman–Crippen MR) is 66.4 cm³/mol. The minimum absolute atomic E-state index is 0.269. The molecule has 0 spiro atoms. The van der Waals surface area contributed by atoms with Crippen LogP contribution in [0.15, 0.2) is 24.3 Å². The average Bonchev–Trinajstić information content (AvgIpc) is 2.34. The molecular formula is C13H16FNO4. The largest absolute Gasteiger partial charge is 0.481 e. The van der Waals surface area contributed by atoms with E-state index in [1.54, 1.807) is 18.2 Å². The van der Waals surface area contributed by atoms with E-state index < -0.39 is 24.4 Å². The van der Waals surface area contributed by atoms with Gasteiger partial charge >= 0.3 is 11.9 Å². The van der Waals surface area contributed by atoms with Crippen molar-refractivity contribution < 1.29 is 24.2 Å². The molecule has 0 bridgehead atoms. The van der Waals surface area contributed by atoms with Gasteiger partial charge in [0.05, 0.1) is 6.42 Å². The summed E-state index contributed by atoms with van der Waals surface area (Å²) in [5.41, 5.74) is 0.480. The number of carboxylic acids is 2. The molecule has 0 radical (unpaired) electrons. The van der Waals surface area contributed by atoms with E-state index in [1.807, 2.05) is 0 Å². The zero-order chi connectivity index (χ0) is 14.4. The van der Waals surface area contributed by atoms with Crippen molar-refractivity contribution in [3.63, 3.8) is 0 Å². The first kappa shape index (κ1) is 15.1. The summed E-state index contributed by atoms with van der Waals surface area (Å²) in [7, 11) is 1.52. The summed E-state index contributed by atoms with van der Waals surface area (Å²) in [6, 6.07) is 5.12. The van der Waals surface area contributed by atoms with E-state index in [0.29, 0.717) is 12.0 Å². The molecule has 19 heavy (non-hydrogen) atoms. The van der Waals surface area contributed by atoms with Gasteiger partial charge in [-0.25, -0.2) is 4.39 Å². The molecule has 2 N–H and O–H groups in total. The van der Waals surface area contributed by atoms with E-state index in [-0.39, 0.29) is 12.4 Å². The number of benzene rings is 1. The van der Waals surface area contributed by atoms with Gasteiger partial charge in [0, 0.05) is 6.54 Å². The van der Waals surface area contributed by atoms with Gasteiger partial charge in [-0.05, 0) is 25.1 Å². The molecule has 0 aliphatic carbocycles. The number of nitrogens with zero attached hydrogens (tertiary/aromatic N) is 1. The Balaban J connectivity index is 2.62. The molecule has 6 heteroatoms. The van der Waals surface area contributed by atoms with Gasteiger partial charge in [0.2, 0.25) is 0 Å². The van der Waals surface area contributed by atoms with Crippen molar-refractivity contribution >= 4 is 11.9 Å². The van der Waals surface area contributed by atoms with E-state index in [2.05, 4.69) is 0 Å². The van der Waals surface area contributed by atoms with Gasteiger partial charge in [0.15, 0.2) is 0 Å². The second kappa shape index (κ2) is 6.84. The molecule has 0 saturated heterocycles. The van der Waals surface area contributed by atoms with Gasteiger partial charge in [-0.2, -0.15) is 0 Å². The summed E-state index contributed by atoms with van der Waals surface area (Å²) in [5, 5.41) is 17.6. The average molecular weight is 269 g/mol. The van der Waals surface area contributed by atoms with Crippen molar-refractivity contribution in [3.8, 4) is 0 Å². The first-order valence-corrected chi connectivity index (χ1v) is 5.80. The summed E-state index contributed by atoms with van der Waals surface area (Å²) < 4.78 is 13.4. The number of carbonyl (C=O) groups is 2. The molecule has 0 aliphatic heterocycles. The maximum absolute atomic E-state index is 13.4. The topological polar surface area (TPSA) is 77.8 Å². The van der Waals surface area contributed by atoms with Gasteiger partial charge in [-0.3, -0.25) is 14.5 Å². The fourth-order valence-electron chi connectivity index (χ4n) is 1.75. The Morgan fingerprint density at radius 1 is 1.32 bits per heavy atom. The lowest BCUT2D eigenvalue weighted by Crippen LogP contribution is -2.41. The van der Waals surface area contributed by atoms with Gasteiger partial charge in [-0.15, -0.1) is 0 Å². The summed E-state index contributed by atoms with van der Waals surface area (Å²) in [4.78, 5) is 23.0. The summed E-state index contributed by atoms with van der Waals surface area (Å²) in [6.07, 6.45) is -0.157. The zero-order valence-electron chi connectivity index (χ0n) is 10.5. The third-order valence-corrected chi connectivity index (χ3v) is 2.88. The molecule has 5 nitrogen and oxygen atoms in total. The summed E-state index contributed by atoms with van der Waals surface area (Å²) in [5.74, 6) is -2.72. The zero-order valence-corrected chi connectivity index (χ0v) is 10.5. The van der Waals surface area contributed by atoms with Crippen LogP contribution in [0, 0.1) is 5.82 Å². The smallest absolute Gasteiger partial charge is 0.321 e. The molecule has 1 unspecified atom stereocenters. The predicted octanol–water partition coefficient (Wildman–Crippen LogP) is 1.23. The lowest BCUT2D eigenvalue weighted by atomic mass is 10.1. The first-order chi connectivity index (χ1) is 8.91. The van der Waals surface area contributed by atoms with Crippen molar-refractivity contribution in [1.82, 2.24) is 4.90 Å². The third kappa shape index (κ3) is 4.67. The second-order valence-electron chi connectivity index (χ2n) is 4.27. The molecule has 1 atom stereocenters. The summed E-state index contributed by atoms with van der Waals surface area (Å²) >= 11 is 0. The Morgan fingerprint density at radius 2 is 1.95 bits per heavy atom. The van der Waals surface area contributed by atoms with Crippen LogP contribution in [-0.4, -0.2) is 46.7 Å². The van der Waals surface area contributed by atoms with Crippen molar-refractivity contribution in [3.05, 3.63) is 35.6 Å². The highest BCUT2D eigenvalue weighted by atomic mass is 19.1. The SMILES string of the molecule is CN(CCc1ccccc1F)C(CC(=O)O)C(=O)O. The molecule has 1 aromatic carbocycles. The van der Waals surface area contributed by atoms with Crippen LogP contribution in [-0.2, 0) is 16.0 Å². The highest BCUT2D eigenvalue weighted by Crippen LogP contribution is 2.09. The molecule has 104 valence electrons. The Hall–Kier alpha value is -1.95. The van der Waals surface area contributed by atoms with Crippen LogP contribution in [0.2, 0.25) is 0 Å². The highest BCUT2D eigenvalue weighted by Gasteiger charge is 2.25. The monoisotopic (exact) mass is 269 g/mol. The van der Waals surface area contributed by atoms with E-state index in [4.69, 9.17) is 10.2 Å². The van der Waals surface area contributed by atoms with Crippen molar-refractivity contribution in [2.75, 3.05) is 13.6 Å². The number of halogens is 1. The molecule has 1 rings (SSSR count).